The number of aromatic nitrogens is 3. The van der Waals surface area contributed by atoms with Gasteiger partial charge in [0, 0.05) is 26.6 Å². The van der Waals surface area contributed by atoms with Crippen molar-refractivity contribution < 1.29 is 0 Å². The first-order valence-electron chi connectivity index (χ1n) is 9.92. The van der Waals surface area contributed by atoms with Crippen molar-refractivity contribution in [2.45, 2.75) is 65.0 Å². The van der Waals surface area contributed by atoms with Crippen molar-refractivity contribution in [3.63, 3.8) is 0 Å². The fourth-order valence-corrected chi connectivity index (χ4v) is 3.38. The Labute approximate surface area is 185 Å². The predicted molar refractivity (Wildman–Crippen MR) is 125 cm³/mol. The molecule has 0 spiro atoms. The summed E-state index contributed by atoms with van der Waals surface area (Å²) in [6.07, 6.45) is 4.42. The molecule has 0 radical (unpaired) electrons. The van der Waals surface area contributed by atoms with Gasteiger partial charge in [0.1, 0.15) is 5.82 Å². The Balaban J connectivity index is 0.00000280. The molecule has 0 saturated heterocycles. The van der Waals surface area contributed by atoms with Crippen LogP contribution in [0, 0.1) is 0 Å². The van der Waals surface area contributed by atoms with Crippen LogP contribution < -0.4 is 10.6 Å². The lowest BCUT2D eigenvalue weighted by molar-refractivity contribution is 0.504. The van der Waals surface area contributed by atoms with Crippen molar-refractivity contribution >= 4 is 29.9 Å². The molecule has 1 aromatic heterocycles. The molecule has 0 amide bonds. The van der Waals surface area contributed by atoms with Crippen molar-refractivity contribution in [1.82, 2.24) is 25.4 Å². The van der Waals surface area contributed by atoms with Crippen LogP contribution in [0.1, 0.15) is 56.4 Å². The molecule has 1 aliphatic heterocycles. The molecule has 0 aliphatic carbocycles. The average Bonchev–Trinajstić information content (AvgIpc) is 3.07. The largest absolute Gasteiger partial charge is 0.356 e. The van der Waals surface area contributed by atoms with Crippen LogP contribution in [0.2, 0.25) is 0 Å². The van der Waals surface area contributed by atoms with Gasteiger partial charge in [-0.1, -0.05) is 45.0 Å². The molecule has 0 fully saturated rings. The third-order valence-corrected chi connectivity index (χ3v) is 5.10. The van der Waals surface area contributed by atoms with E-state index in [1.165, 1.54) is 24.0 Å². The van der Waals surface area contributed by atoms with Gasteiger partial charge in [-0.15, -0.1) is 34.2 Å². The number of nitrogens with one attached hydrogen (secondary N) is 2. The molecule has 3 rings (SSSR count). The summed E-state index contributed by atoms with van der Waals surface area (Å²) >= 11 is 0. The molecule has 0 unspecified atom stereocenters. The number of guanidine groups is 1. The fourth-order valence-electron chi connectivity index (χ4n) is 3.38. The summed E-state index contributed by atoms with van der Waals surface area (Å²) < 4.78 is 2.24. The van der Waals surface area contributed by atoms with E-state index in [9.17, 15) is 0 Å². The third-order valence-electron chi connectivity index (χ3n) is 5.10. The number of nitrogens with zero attached hydrogens (tertiary/aromatic N) is 4. The van der Waals surface area contributed by atoms with Crippen LogP contribution in [0.5, 0.6) is 0 Å². The first-order chi connectivity index (χ1) is 13.0. The number of halogens is 1. The van der Waals surface area contributed by atoms with Crippen LogP contribution in [0.25, 0.3) is 0 Å². The maximum Gasteiger partial charge on any atom is 0.191 e. The van der Waals surface area contributed by atoms with Gasteiger partial charge in [-0.2, -0.15) is 0 Å². The lowest BCUT2D eigenvalue weighted by Gasteiger charge is -2.19. The molecule has 1 aromatic carbocycles. The molecule has 28 heavy (non-hydrogen) atoms. The van der Waals surface area contributed by atoms with Crippen molar-refractivity contribution in [2.24, 2.45) is 4.99 Å². The molecule has 0 atom stereocenters. The van der Waals surface area contributed by atoms with E-state index < -0.39 is 0 Å². The summed E-state index contributed by atoms with van der Waals surface area (Å²) in [6.45, 7) is 9.23. The zero-order chi connectivity index (χ0) is 19.3. The number of aryl methyl sites for hydroxylation is 1. The smallest absolute Gasteiger partial charge is 0.191 e. The van der Waals surface area contributed by atoms with Crippen LogP contribution in [0.4, 0.5) is 0 Å². The van der Waals surface area contributed by atoms with Gasteiger partial charge in [0.05, 0.1) is 6.54 Å². The Morgan fingerprint density at radius 2 is 1.86 bits per heavy atom. The van der Waals surface area contributed by atoms with Crippen LogP contribution in [-0.2, 0) is 31.3 Å². The Morgan fingerprint density at radius 1 is 1.11 bits per heavy atom. The number of hydrogen-bond donors (Lipinski definition) is 2. The van der Waals surface area contributed by atoms with Crippen molar-refractivity contribution in [3.8, 4) is 0 Å². The first kappa shape index (κ1) is 22.6. The second kappa shape index (κ2) is 10.2. The number of hydrogen-bond acceptors (Lipinski definition) is 3. The van der Waals surface area contributed by atoms with Crippen molar-refractivity contribution in [3.05, 3.63) is 47.0 Å². The predicted octanol–water partition coefficient (Wildman–Crippen LogP) is 3.44. The molecule has 2 N–H and O–H groups in total. The van der Waals surface area contributed by atoms with Crippen LogP contribution in [0.3, 0.4) is 0 Å². The van der Waals surface area contributed by atoms with Gasteiger partial charge in [-0.3, -0.25) is 4.99 Å². The summed E-state index contributed by atoms with van der Waals surface area (Å²) in [6, 6.07) is 8.91. The topological polar surface area (TPSA) is 67.1 Å². The minimum atomic E-state index is 0. The standard InChI is InChI=1S/C21H32N6.HI/c1-21(2,3)17-10-8-16(9-11-17)12-13-23-20(22-4)24-15-19-26-25-18-7-5-6-14-27(18)19;/h8-11H,5-7,12-15H2,1-4H3,(H2,22,23,24);1H. The average molecular weight is 496 g/mol. The minimum Gasteiger partial charge on any atom is -0.356 e. The zero-order valence-electron chi connectivity index (χ0n) is 17.5. The molecule has 0 saturated carbocycles. The number of benzene rings is 1. The minimum absolute atomic E-state index is 0. The Bertz CT molecular complexity index is 773. The maximum atomic E-state index is 4.33. The highest BCUT2D eigenvalue weighted by Gasteiger charge is 2.15. The summed E-state index contributed by atoms with van der Waals surface area (Å²) in [5.41, 5.74) is 2.90. The van der Waals surface area contributed by atoms with Gasteiger partial charge >= 0.3 is 0 Å². The monoisotopic (exact) mass is 496 g/mol. The lowest BCUT2D eigenvalue weighted by atomic mass is 9.86. The molecule has 2 heterocycles. The van der Waals surface area contributed by atoms with E-state index >= 15 is 0 Å². The molecule has 6 nitrogen and oxygen atoms in total. The Kier molecular flexibility index (Phi) is 8.27. The summed E-state index contributed by atoms with van der Waals surface area (Å²) in [4.78, 5) is 4.31. The quantitative estimate of drug-likeness (QED) is 0.378. The van der Waals surface area contributed by atoms with E-state index in [1.807, 2.05) is 0 Å². The van der Waals surface area contributed by atoms with Crippen LogP contribution in [0.15, 0.2) is 29.3 Å². The second-order valence-corrected chi connectivity index (χ2v) is 8.19. The van der Waals surface area contributed by atoms with E-state index in [4.69, 9.17) is 0 Å². The van der Waals surface area contributed by atoms with E-state index in [2.05, 4.69) is 75.4 Å². The number of aliphatic imine (C=N–C) groups is 1. The highest BCUT2D eigenvalue weighted by atomic mass is 127. The van der Waals surface area contributed by atoms with E-state index in [0.29, 0.717) is 6.54 Å². The van der Waals surface area contributed by atoms with Gasteiger partial charge in [0.15, 0.2) is 11.8 Å². The zero-order valence-corrected chi connectivity index (χ0v) is 19.8. The van der Waals surface area contributed by atoms with Gasteiger partial charge in [-0.05, 0) is 35.8 Å². The van der Waals surface area contributed by atoms with E-state index in [0.717, 1.165) is 43.5 Å². The summed E-state index contributed by atoms with van der Waals surface area (Å²) in [5, 5.41) is 15.4. The SMILES string of the molecule is CN=C(NCCc1ccc(C(C)(C)C)cc1)NCc1nnc2n1CCCC2.I. The molecule has 7 heteroatoms. The van der Waals surface area contributed by atoms with Gasteiger partial charge in [-0.25, -0.2) is 0 Å². The van der Waals surface area contributed by atoms with Crippen LogP contribution >= 0.6 is 24.0 Å². The molecular weight excluding hydrogens is 463 g/mol. The van der Waals surface area contributed by atoms with Crippen molar-refractivity contribution in [2.75, 3.05) is 13.6 Å². The summed E-state index contributed by atoms with van der Waals surface area (Å²) in [7, 11) is 1.80. The number of rotatable bonds is 5. The molecular formula is C21H33IN6. The highest BCUT2D eigenvalue weighted by molar-refractivity contribution is 14.0. The van der Waals surface area contributed by atoms with E-state index in [1.54, 1.807) is 7.05 Å². The molecule has 154 valence electrons. The Hall–Kier alpha value is -1.64. The maximum absolute atomic E-state index is 4.33. The van der Waals surface area contributed by atoms with E-state index in [-0.39, 0.29) is 29.4 Å². The molecule has 1 aliphatic rings. The highest BCUT2D eigenvalue weighted by Crippen LogP contribution is 2.22. The van der Waals surface area contributed by atoms with Crippen LogP contribution in [-0.4, -0.2) is 34.3 Å². The fraction of sp³-hybridized carbons (Fsp3) is 0.571. The molecule has 2 aromatic rings. The first-order valence-corrected chi connectivity index (χ1v) is 9.92. The second-order valence-electron chi connectivity index (χ2n) is 8.19. The lowest BCUT2D eigenvalue weighted by Crippen LogP contribution is -2.38. The van der Waals surface area contributed by atoms with Gasteiger partial charge < -0.3 is 15.2 Å². The number of fused-ring (bicyclic) bond motifs is 1. The van der Waals surface area contributed by atoms with Gasteiger partial charge in [0.25, 0.3) is 0 Å². The summed E-state index contributed by atoms with van der Waals surface area (Å²) in [5.74, 6) is 2.90. The normalized spacial score (nSPS) is 14.2. The van der Waals surface area contributed by atoms with Gasteiger partial charge in [0.2, 0.25) is 0 Å². The Morgan fingerprint density at radius 3 is 2.54 bits per heavy atom. The van der Waals surface area contributed by atoms with Crippen molar-refractivity contribution in [1.29, 1.82) is 0 Å². The third kappa shape index (κ3) is 5.93. The molecule has 0 bridgehead atoms.